The molecule has 2 rings (SSSR count). The normalized spacial score (nSPS) is 10.7. The van der Waals surface area contributed by atoms with Crippen LogP contribution in [0.4, 0.5) is 0 Å². The first kappa shape index (κ1) is 16.4. The molecule has 5 heteroatoms. The third-order valence-corrected chi connectivity index (χ3v) is 3.54. The molecule has 0 saturated heterocycles. The molecule has 0 atom stereocenters. The SMILES string of the molecule is CCCNCc1ccc(OCc2c(C)noc2C)c(OC)c1. The summed E-state index contributed by atoms with van der Waals surface area (Å²) in [6.07, 6.45) is 1.12. The Morgan fingerprint density at radius 3 is 2.68 bits per heavy atom. The highest BCUT2D eigenvalue weighted by molar-refractivity contribution is 5.43. The third-order valence-electron chi connectivity index (χ3n) is 3.54. The Labute approximate surface area is 131 Å². The number of methoxy groups -OCH3 is 1. The predicted molar refractivity (Wildman–Crippen MR) is 85.3 cm³/mol. The van der Waals surface area contributed by atoms with E-state index < -0.39 is 0 Å². The van der Waals surface area contributed by atoms with Crippen LogP contribution in [0.1, 0.15) is 35.9 Å². The number of aromatic nitrogens is 1. The summed E-state index contributed by atoms with van der Waals surface area (Å²) in [7, 11) is 1.65. The standard InChI is InChI=1S/C17H24N2O3/c1-5-8-18-10-14-6-7-16(17(9-14)20-4)21-11-15-12(2)19-22-13(15)3/h6-7,9,18H,5,8,10-11H2,1-4H3. The summed E-state index contributed by atoms with van der Waals surface area (Å²) in [5, 5.41) is 7.31. The van der Waals surface area contributed by atoms with Crippen LogP contribution in [0, 0.1) is 13.8 Å². The van der Waals surface area contributed by atoms with Crippen molar-refractivity contribution in [3.05, 3.63) is 40.8 Å². The molecule has 0 amide bonds. The van der Waals surface area contributed by atoms with Crippen LogP contribution in [0.2, 0.25) is 0 Å². The van der Waals surface area contributed by atoms with Crippen molar-refractivity contribution in [2.45, 2.75) is 40.3 Å². The van der Waals surface area contributed by atoms with Crippen LogP contribution in [-0.4, -0.2) is 18.8 Å². The lowest BCUT2D eigenvalue weighted by molar-refractivity contribution is 0.281. The van der Waals surface area contributed by atoms with Gasteiger partial charge in [0.05, 0.1) is 18.4 Å². The summed E-state index contributed by atoms with van der Waals surface area (Å²) in [6.45, 7) is 8.21. The van der Waals surface area contributed by atoms with Crippen molar-refractivity contribution in [1.29, 1.82) is 0 Å². The second-order valence-corrected chi connectivity index (χ2v) is 5.25. The first-order valence-electron chi connectivity index (χ1n) is 7.57. The highest BCUT2D eigenvalue weighted by Crippen LogP contribution is 2.29. The van der Waals surface area contributed by atoms with Gasteiger partial charge in [0, 0.05) is 6.54 Å². The molecule has 5 nitrogen and oxygen atoms in total. The molecular formula is C17H24N2O3. The zero-order chi connectivity index (χ0) is 15.9. The topological polar surface area (TPSA) is 56.5 Å². The van der Waals surface area contributed by atoms with E-state index in [1.807, 2.05) is 32.0 Å². The number of benzene rings is 1. The molecule has 0 saturated carbocycles. The molecular weight excluding hydrogens is 280 g/mol. The van der Waals surface area contributed by atoms with Crippen LogP contribution in [0.25, 0.3) is 0 Å². The average Bonchev–Trinajstić information content (AvgIpc) is 2.85. The summed E-state index contributed by atoms with van der Waals surface area (Å²) in [5.74, 6) is 2.25. The molecule has 2 aromatic rings. The molecule has 1 aromatic carbocycles. The minimum atomic E-state index is 0.422. The van der Waals surface area contributed by atoms with E-state index in [1.165, 1.54) is 5.56 Å². The van der Waals surface area contributed by atoms with Crippen LogP contribution in [-0.2, 0) is 13.2 Å². The highest BCUT2D eigenvalue weighted by Gasteiger charge is 2.12. The molecule has 0 fully saturated rings. The van der Waals surface area contributed by atoms with Crippen molar-refractivity contribution in [1.82, 2.24) is 10.5 Å². The average molecular weight is 304 g/mol. The van der Waals surface area contributed by atoms with Gasteiger partial charge in [-0.25, -0.2) is 0 Å². The van der Waals surface area contributed by atoms with E-state index in [2.05, 4.69) is 17.4 Å². The van der Waals surface area contributed by atoms with Gasteiger partial charge in [0.15, 0.2) is 11.5 Å². The van der Waals surface area contributed by atoms with E-state index in [-0.39, 0.29) is 0 Å². The Balaban J connectivity index is 2.04. The number of nitrogens with one attached hydrogen (secondary N) is 1. The van der Waals surface area contributed by atoms with E-state index in [9.17, 15) is 0 Å². The maximum atomic E-state index is 5.87. The molecule has 0 aliphatic carbocycles. The van der Waals surface area contributed by atoms with Gasteiger partial charge in [0.2, 0.25) is 0 Å². The Morgan fingerprint density at radius 1 is 1.23 bits per heavy atom. The molecule has 22 heavy (non-hydrogen) atoms. The van der Waals surface area contributed by atoms with E-state index in [0.717, 1.165) is 48.0 Å². The first-order chi connectivity index (χ1) is 10.7. The number of ether oxygens (including phenoxy) is 2. The van der Waals surface area contributed by atoms with Gasteiger partial charge in [0.1, 0.15) is 12.4 Å². The molecule has 0 aliphatic heterocycles. The summed E-state index contributed by atoms with van der Waals surface area (Å²) >= 11 is 0. The Bertz CT molecular complexity index is 588. The van der Waals surface area contributed by atoms with E-state index >= 15 is 0 Å². The van der Waals surface area contributed by atoms with Crippen LogP contribution >= 0.6 is 0 Å². The number of rotatable bonds is 8. The lowest BCUT2D eigenvalue weighted by Crippen LogP contribution is -2.13. The number of nitrogens with zero attached hydrogens (tertiary/aromatic N) is 1. The van der Waals surface area contributed by atoms with Crippen LogP contribution in [0.5, 0.6) is 11.5 Å². The van der Waals surface area contributed by atoms with Crippen LogP contribution in [0.15, 0.2) is 22.7 Å². The largest absolute Gasteiger partial charge is 0.493 e. The smallest absolute Gasteiger partial charge is 0.161 e. The van der Waals surface area contributed by atoms with Crippen molar-refractivity contribution in [2.75, 3.05) is 13.7 Å². The van der Waals surface area contributed by atoms with Gasteiger partial charge in [0.25, 0.3) is 0 Å². The summed E-state index contributed by atoms with van der Waals surface area (Å²) in [5.41, 5.74) is 3.02. The monoisotopic (exact) mass is 304 g/mol. The van der Waals surface area contributed by atoms with Crippen LogP contribution < -0.4 is 14.8 Å². The fourth-order valence-electron chi connectivity index (χ4n) is 2.21. The summed E-state index contributed by atoms with van der Waals surface area (Å²) in [6, 6.07) is 6.00. The third kappa shape index (κ3) is 4.01. The molecule has 0 unspecified atom stereocenters. The van der Waals surface area contributed by atoms with Crippen molar-refractivity contribution in [2.24, 2.45) is 0 Å². The summed E-state index contributed by atoms with van der Waals surface area (Å²) in [4.78, 5) is 0. The lowest BCUT2D eigenvalue weighted by atomic mass is 10.2. The maximum absolute atomic E-state index is 5.87. The Hall–Kier alpha value is -2.01. The number of hydrogen-bond donors (Lipinski definition) is 1. The molecule has 0 aliphatic rings. The first-order valence-corrected chi connectivity index (χ1v) is 7.57. The Morgan fingerprint density at radius 2 is 2.05 bits per heavy atom. The van der Waals surface area contributed by atoms with Gasteiger partial charge in [-0.3, -0.25) is 0 Å². The highest BCUT2D eigenvalue weighted by atomic mass is 16.5. The fraction of sp³-hybridized carbons (Fsp3) is 0.471. The molecule has 0 bridgehead atoms. The zero-order valence-electron chi connectivity index (χ0n) is 13.7. The molecule has 0 spiro atoms. The van der Waals surface area contributed by atoms with Gasteiger partial charge in [-0.2, -0.15) is 0 Å². The van der Waals surface area contributed by atoms with E-state index in [1.54, 1.807) is 7.11 Å². The van der Waals surface area contributed by atoms with Gasteiger partial charge < -0.3 is 19.3 Å². The zero-order valence-corrected chi connectivity index (χ0v) is 13.7. The van der Waals surface area contributed by atoms with Gasteiger partial charge in [-0.15, -0.1) is 0 Å². The molecule has 1 aromatic heterocycles. The second kappa shape index (κ2) is 7.84. The van der Waals surface area contributed by atoms with Crippen molar-refractivity contribution in [3.63, 3.8) is 0 Å². The van der Waals surface area contributed by atoms with Gasteiger partial charge in [-0.1, -0.05) is 18.1 Å². The predicted octanol–water partition coefficient (Wildman–Crippen LogP) is 3.38. The minimum absolute atomic E-state index is 0.422. The fourth-order valence-corrected chi connectivity index (χ4v) is 2.21. The number of aryl methyl sites for hydroxylation is 2. The second-order valence-electron chi connectivity index (χ2n) is 5.25. The molecule has 0 radical (unpaired) electrons. The lowest BCUT2D eigenvalue weighted by Gasteiger charge is -2.12. The summed E-state index contributed by atoms with van der Waals surface area (Å²) < 4.78 is 16.4. The minimum Gasteiger partial charge on any atom is -0.493 e. The van der Waals surface area contributed by atoms with Crippen molar-refractivity contribution in [3.8, 4) is 11.5 Å². The van der Waals surface area contributed by atoms with Gasteiger partial charge in [-0.05, 0) is 44.5 Å². The van der Waals surface area contributed by atoms with Crippen molar-refractivity contribution >= 4 is 0 Å². The quantitative estimate of drug-likeness (QED) is 0.758. The molecule has 1 N–H and O–H groups in total. The van der Waals surface area contributed by atoms with E-state index in [0.29, 0.717) is 6.61 Å². The van der Waals surface area contributed by atoms with Crippen molar-refractivity contribution < 1.29 is 14.0 Å². The van der Waals surface area contributed by atoms with Gasteiger partial charge >= 0.3 is 0 Å². The number of hydrogen-bond acceptors (Lipinski definition) is 5. The molecule has 1 heterocycles. The maximum Gasteiger partial charge on any atom is 0.161 e. The molecule has 120 valence electrons. The van der Waals surface area contributed by atoms with Crippen LogP contribution in [0.3, 0.4) is 0 Å². The Kier molecular flexibility index (Phi) is 5.83. The van der Waals surface area contributed by atoms with E-state index in [4.69, 9.17) is 14.0 Å².